The standard InChI is InChI=1S/C39H24N12/c1-4-10-28(11-5-1)49-34(46-31-37(49)43-19-16-40-31)25-22-26(35-47-32-38(44-20-17-41-32)50(35)29-12-6-2-7-13-29)24-27(23-25)36-48-33-39(45-21-18-42-33)51(36)30-14-8-3-9-15-30/h1-24H/p+1. The lowest BCUT2D eigenvalue weighted by Gasteiger charge is -2.13. The topological polar surface area (TPSA) is 133 Å². The van der Waals surface area contributed by atoms with E-state index in [1.54, 1.807) is 37.2 Å². The summed E-state index contributed by atoms with van der Waals surface area (Å²) in [4.78, 5) is 41.7. The Morgan fingerprint density at radius 2 is 0.941 bits per heavy atom. The van der Waals surface area contributed by atoms with Gasteiger partial charge in [-0.3, -0.25) is 14.1 Å². The summed E-state index contributed by atoms with van der Waals surface area (Å²) in [6, 6.07) is 36.5. The predicted molar refractivity (Wildman–Crippen MR) is 192 cm³/mol. The van der Waals surface area contributed by atoms with Crippen molar-refractivity contribution in [2.45, 2.75) is 0 Å². The average Bonchev–Trinajstić information content (AvgIpc) is 3.91. The minimum Gasteiger partial charge on any atom is -0.275 e. The largest absolute Gasteiger partial charge is 0.327 e. The molecule has 0 atom stereocenters. The highest BCUT2D eigenvalue weighted by atomic mass is 15.2. The third-order valence-electron chi connectivity index (χ3n) is 8.71. The van der Waals surface area contributed by atoms with Crippen LogP contribution in [0.5, 0.6) is 0 Å². The lowest BCUT2D eigenvalue weighted by Crippen LogP contribution is -2.32. The molecule has 0 aliphatic rings. The van der Waals surface area contributed by atoms with Crippen molar-refractivity contribution in [1.82, 2.24) is 54.0 Å². The van der Waals surface area contributed by atoms with Gasteiger partial charge in [0.25, 0.3) is 5.65 Å². The zero-order valence-corrected chi connectivity index (χ0v) is 26.8. The van der Waals surface area contributed by atoms with Gasteiger partial charge in [0.2, 0.25) is 5.82 Å². The molecule has 4 aromatic carbocycles. The lowest BCUT2D eigenvalue weighted by molar-refractivity contribution is -0.557. The fourth-order valence-corrected chi connectivity index (χ4v) is 6.56. The molecule has 0 aliphatic carbocycles. The van der Waals surface area contributed by atoms with Crippen LogP contribution in [0.1, 0.15) is 0 Å². The van der Waals surface area contributed by atoms with Crippen LogP contribution in [0.4, 0.5) is 0 Å². The molecule has 0 spiro atoms. The van der Waals surface area contributed by atoms with E-state index in [1.165, 1.54) is 0 Å². The van der Waals surface area contributed by atoms with Crippen LogP contribution in [-0.4, -0.2) is 54.0 Å². The Kier molecular flexibility index (Phi) is 6.49. The van der Waals surface area contributed by atoms with Crippen molar-refractivity contribution in [2.75, 3.05) is 0 Å². The number of nitrogens with one attached hydrogen (secondary N) is 1. The quantitative estimate of drug-likeness (QED) is 0.200. The van der Waals surface area contributed by atoms with Gasteiger partial charge in [0.1, 0.15) is 23.5 Å². The fraction of sp³-hybridized carbons (Fsp3) is 0. The Balaban J connectivity index is 1.31. The van der Waals surface area contributed by atoms with Crippen molar-refractivity contribution in [1.29, 1.82) is 0 Å². The van der Waals surface area contributed by atoms with E-state index in [1.807, 2.05) is 88.0 Å². The molecule has 0 saturated carbocycles. The van der Waals surface area contributed by atoms with Crippen LogP contribution in [0.25, 0.3) is 85.1 Å². The van der Waals surface area contributed by atoms with Gasteiger partial charge in [-0.25, -0.2) is 34.9 Å². The van der Waals surface area contributed by atoms with Gasteiger partial charge in [-0.1, -0.05) is 54.6 Å². The zero-order valence-electron chi connectivity index (χ0n) is 26.8. The van der Waals surface area contributed by atoms with Crippen molar-refractivity contribution < 1.29 is 4.57 Å². The molecular formula is C39H25N12+. The minimum atomic E-state index is 0.534. The summed E-state index contributed by atoms with van der Waals surface area (Å²) in [5.41, 5.74) is 8.94. The van der Waals surface area contributed by atoms with E-state index in [0.29, 0.717) is 45.5 Å². The van der Waals surface area contributed by atoms with Gasteiger partial charge < -0.3 is 0 Å². The molecule has 12 nitrogen and oxygen atoms in total. The number of aromatic amines is 1. The van der Waals surface area contributed by atoms with Crippen molar-refractivity contribution in [3.63, 3.8) is 0 Å². The maximum absolute atomic E-state index is 5.07. The lowest BCUT2D eigenvalue weighted by atomic mass is 10.0. The second kappa shape index (κ2) is 11.6. The van der Waals surface area contributed by atoms with E-state index < -0.39 is 0 Å². The van der Waals surface area contributed by atoms with E-state index in [9.17, 15) is 0 Å². The summed E-state index contributed by atoms with van der Waals surface area (Å²) < 4.78 is 6.15. The van der Waals surface area contributed by atoms with Gasteiger partial charge in [-0.15, -0.1) is 4.98 Å². The number of nitrogens with zero attached hydrogens (tertiary/aromatic N) is 11. The number of rotatable bonds is 6. The maximum atomic E-state index is 5.07. The first kappa shape index (κ1) is 28.5. The van der Waals surface area contributed by atoms with Crippen molar-refractivity contribution in [2.24, 2.45) is 0 Å². The van der Waals surface area contributed by atoms with E-state index in [4.69, 9.17) is 24.9 Å². The number of imidazole rings is 3. The number of aromatic nitrogens is 12. The molecule has 240 valence electrons. The summed E-state index contributed by atoms with van der Waals surface area (Å²) in [5, 5.41) is 0. The Labute approximate surface area is 289 Å². The summed E-state index contributed by atoms with van der Waals surface area (Å²) in [5.74, 6) is 2.12. The molecule has 51 heavy (non-hydrogen) atoms. The summed E-state index contributed by atoms with van der Waals surface area (Å²) in [6.07, 6.45) is 10.1. The molecule has 6 aromatic heterocycles. The number of hydrogen-bond donors (Lipinski definition) is 1. The molecule has 0 aliphatic heterocycles. The molecule has 6 heterocycles. The Morgan fingerprint density at radius 3 is 1.51 bits per heavy atom. The van der Waals surface area contributed by atoms with Gasteiger partial charge >= 0.3 is 5.65 Å². The van der Waals surface area contributed by atoms with Crippen LogP contribution in [0.3, 0.4) is 0 Å². The van der Waals surface area contributed by atoms with Crippen molar-refractivity contribution in [3.8, 4) is 51.2 Å². The molecule has 0 amide bonds. The van der Waals surface area contributed by atoms with Crippen LogP contribution in [0.2, 0.25) is 0 Å². The number of fused-ring (bicyclic) bond motifs is 3. The smallest absolute Gasteiger partial charge is 0.275 e. The first-order chi connectivity index (χ1) is 25.3. The number of benzene rings is 4. The zero-order chi connectivity index (χ0) is 33.7. The predicted octanol–water partition coefficient (Wildman–Crippen LogP) is 6.49. The van der Waals surface area contributed by atoms with Crippen LogP contribution in [-0.2, 0) is 0 Å². The first-order valence-electron chi connectivity index (χ1n) is 16.3. The first-order valence-corrected chi connectivity index (χ1v) is 16.3. The van der Waals surface area contributed by atoms with E-state index in [0.717, 1.165) is 39.6 Å². The molecule has 0 unspecified atom stereocenters. The fourth-order valence-electron chi connectivity index (χ4n) is 6.56. The molecule has 0 fully saturated rings. The van der Waals surface area contributed by atoms with Crippen LogP contribution >= 0.6 is 0 Å². The second-order valence-electron chi connectivity index (χ2n) is 11.8. The second-order valence-corrected chi connectivity index (χ2v) is 11.8. The molecule has 10 rings (SSSR count). The normalized spacial score (nSPS) is 11.5. The molecule has 12 heteroatoms. The molecular weight excluding hydrogens is 637 g/mol. The maximum Gasteiger partial charge on any atom is 0.327 e. The van der Waals surface area contributed by atoms with Crippen LogP contribution in [0.15, 0.2) is 146 Å². The summed E-state index contributed by atoms with van der Waals surface area (Å²) >= 11 is 0. The monoisotopic (exact) mass is 661 g/mol. The van der Waals surface area contributed by atoms with Crippen LogP contribution in [0, 0.1) is 0 Å². The Bertz CT molecular complexity index is 2540. The number of para-hydroxylation sites is 3. The van der Waals surface area contributed by atoms with E-state index in [2.05, 4.69) is 54.8 Å². The third-order valence-corrected chi connectivity index (χ3v) is 8.71. The number of hydrogen-bond acceptors (Lipinski definition) is 8. The average molecular weight is 662 g/mol. The van der Waals surface area contributed by atoms with Gasteiger partial charge in [0, 0.05) is 52.9 Å². The summed E-state index contributed by atoms with van der Waals surface area (Å²) in [6.45, 7) is 0. The van der Waals surface area contributed by atoms with Crippen molar-refractivity contribution >= 4 is 33.9 Å². The SMILES string of the molecule is c1ccc(-n2c(-c3cc(-c4nc5nccnc5n4-c4ccccc4)cc(-c4[nH]c5nccnc5[n+]4-c4ccccc4)c3)nc3nccnc32)cc1. The minimum absolute atomic E-state index is 0.534. The number of H-pyrrole nitrogens is 1. The van der Waals surface area contributed by atoms with E-state index in [-0.39, 0.29) is 0 Å². The highest BCUT2D eigenvalue weighted by Crippen LogP contribution is 2.36. The van der Waals surface area contributed by atoms with Gasteiger partial charge in [-0.2, -0.15) is 4.57 Å². The third kappa shape index (κ3) is 4.73. The summed E-state index contributed by atoms with van der Waals surface area (Å²) in [7, 11) is 0. The van der Waals surface area contributed by atoms with Gasteiger partial charge in [0.15, 0.2) is 22.6 Å². The Morgan fingerprint density at radius 1 is 0.471 bits per heavy atom. The van der Waals surface area contributed by atoms with Gasteiger partial charge in [-0.05, 0) is 54.6 Å². The van der Waals surface area contributed by atoms with Crippen LogP contribution < -0.4 is 4.57 Å². The highest BCUT2D eigenvalue weighted by molar-refractivity contribution is 5.84. The molecule has 0 saturated heterocycles. The molecule has 10 aromatic rings. The molecule has 0 radical (unpaired) electrons. The van der Waals surface area contributed by atoms with E-state index >= 15 is 0 Å². The molecule has 1 N–H and O–H groups in total. The molecule has 0 bridgehead atoms. The Hall–Kier alpha value is -7.47. The van der Waals surface area contributed by atoms with Gasteiger partial charge in [0.05, 0.1) is 6.20 Å². The van der Waals surface area contributed by atoms with Crippen molar-refractivity contribution in [3.05, 3.63) is 146 Å². The highest BCUT2D eigenvalue weighted by Gasteiger charge is 2.26.